The Morgan fingerprint density at radius 2 is 1.46 bits per heavy atom. The summed E-state index contributed by atoms with van der Waals surface area (Å²) >= 11 is 0. The molecular weight excluding hydrogens is 495 g/mol. The number of rotatable bonds is 9. The number of hydrogen-bond donors (Lipinski definition) is 4. The van der Waals surface area contributed by atoms with Crippen molar-refractivity contribution in [2.24, 2.45) is 10.8 Å². The van der Waals surface area contributed by atoms with Gasteiger partial charge in [-0.25, -0.2) is 18.4 Å². The number of carbonyl (C=O) groups excluding carboxylic acids is 4. The van der Waals surface area contributed by atoms with Gasteiger partial charge in [0.15, 0.2) is 0 Å². The molecule has 0 aromatic carbocycles. The first-order valence-electron chi connectivity index (χ1n) is 10.5. The number of urea groups is 1. The third-order valence-corrected chi connectivity index (χ3v) is 6.05. The Bertz CT molecular complexity index is 860. The molecule has 0 unspecified atom stereocenters. The molecule has 4 atom stereocenters. The van der Waals surface area contributed by atoms with Crippen LogP contribution in [-0.2, 0) is 46.7 Å². The second-order valence-corrected chi connectivity index (χ2v) is 11.5. The second kappa shape index (κ2) is 10.5. The number of esters is 2. The highest BCUT2D eigenvalue weighted by atomic mass is 31.2. The van der Waals surface area contributed by atoms with E-state index in [-0.39, 0.29) is 0 Å². The van der Waals surface area contributed by atoms with E-state index in [1.807, 2.05) is 5.32 Å². The normalized spacial score (nSPS) is 27.0. The molecule has 0 bridgehead atoms. The molecule has 0 aliphatic carbocycles. The SMILES string of the molecule is CC(C)(C)C(=O)OCOP(=O)(OCOC(=O)C(C)(C)C)OC[C@H]1O[C@@]2(NC(=O)NC2=O)[C@H](O)[C@@H]1O. The van der Waals surface area contributed by atoms with Gasteiger partial charge in [-0.15, -0.1) is 0 Å². The Morgan fingerprint density at radius 1 is 0.971 bits per heavy atom. The molecule has 0 saturated carbocycles. The number of aliphatic hydroxyl groups is 2. The van der Waals surface area contributed by atoms with Crippen LogP contribution in [0.15, 0.2) is 0 Å². The predicted octanol–water partition coefficient (Wildman–Crippen LogP) is -0.106. The number of nitrogens with one attached hydrogen (secondary N) is 2. The van der Waals surface area contributed by atoms with Gasteiger partial charge in [0.05, 0.1) is 17.4 Å². The van der Waals surface area contributed by atoms with Crippen LogP contribution in [0.1, 0.15) is 41.5 Å². The van der Waals surface area contributed by atoms with Gasteiger partial charge in [-0.3, -0.25) is 29.5 Å². The highest BCUT2D eigenvalue weighted by Crippen LogP contribution is 2.50. The van der Waals surface area contributed by atoms with E-state index in [0.29, 0.717) is 0 Å². The predicted molar refractivity (Wildman–Crippen MR) is 113 cm³/mol. The quantitative estimate of drug-likeness (QED) is 0.134. The number of ether oxygens (including phenoxy) is 3. The van der Waals surface area contributed by atoms with Gasteiger partial charge in [0.2, 0.25) is 13.6 Å². The summed E-state index contributed by atoms with van der Waals surface area (Å²) < 4.78 is 43.2. The van der Waals surface area contributed by atoms with Crippen LogP contribution < -0.4 is 10.6 Å². The number of hydrogen-bond acceptors (Lipinski definition) is 13. The van der Waals surface area contributed by atoms with Gasteiger partial charge >= 0.3 is 25.8 Å². The van der Waals surface area contributed by atoms with Crippen LogP contribution in [0.4, 0.5) is 4.79 Å². The van der Waals surface area contributed by atoms with Crippen molar-refractivity contribution < 1.29 is 61.7 Å². The number of phosphoric ester groups is 1. The molecule has 3 amide bonds. The summed E-state index contributed by atoms with van der Waals surface area (Å²) in [5.74, 6) is -2.42. The number of carbonyl (C=O) groups is 4. The van der Waals surface area contributed by atoms with Crippen LogP contribution in [0.25, 0.3) is 0 Å². The Labute approximate surface area is 201 Å². The van der Waals surface area contributed by atoms with Crippen LogP contribution in [0, 0.1) is 10.8 Å². The van der Waals surface area contributed by atoms with E-state index < -0.39 is 86.8 Å². The first-order chi connectivity index (χ1) is 15.9. The van der Waals surface area contributed by atoms with Gasteiger partial charge in [0.25, 0.3) is 11.6 Å². The van der Waals surface area contributed by atoms with Crippen molar-refractivity contribution >= 4 is 31.7 Å². The maximum atomic E-state index is 13.1. The van der Waals surface area contributed by atoms with Crippen LogP contribution in [0.2, 0.25) is 0 Å². The van der Waals surface area contributed by atoms with Crippen molar-refractivity contribution in [3.8, 4) is 0 Å². The lowest BCUT2D eigenvalue weighted by atomic mass is 9.98. The van der Waals surface area contributed by atoms with E-state index in [2.05, 4.69) is 5.32 Å². The Hall–Kier alpha value is -2.13. The molecule has 2 aliphatic heterocycles. The average molecular weight is 526 g/mol. The molecule has 200 valence electrons. The van der Waals surface area contributed by atoms with Crippen molar-refractivity contribution in [2.75, 3.05) is 20.2 Å². The third kappa shape index (κ3) is 6.97. The topological polar surface area (TPSA) is 205 Å². The lowest BCUT2D eigenvalue weighted by molar-refractivity contribution is -0.164. The zero-order valence-electron chi connectivity index (χ0n) is 20.2. The summed E-state index contributed by atoms with van der Waals surface area (Å²) in [6.07, 6.45) is -5.13. The van der Waals surface area contributed by atoms with E-state index in [1.54, 1.807) is 41.5 Å². The van der Waals surface area contributed by atoms with Crippen LogP contribution in [-0.4, -0.2) is 78.3 Å². The number of imide groups is 1. The van der Waals surface area contributed by atoms with E-state index in [0.717, 1.165) is 0 Å². The lowest BCUT2D eigenvalue weighted by Gasteiger charge is -2.24. The molecule has 16 heteroatoms. The lowest BCUT2D eigenvalue weighted by Crippen LogP contribution is -2.56. The minimum atomic E-state index is -4.62. The maximum Gasteiger partial charge on any atom is 0.480 e. The summed E-state index contributed by atoms with van der Waals surface area (Å²) in [5.41, 5.74) is -4.06. The first kappa shape index (κ1) is 29.1. The molecule has 2 fully saturated rings. The van der Waals surface area contributed by atoms with Crippen molar-refractivity contribution in [1.29, 1.82) is 0 Å². The zero-order chi connectivity index (χ0) is 26.8. The van der Waals surface area contributed by atoms with Gasteiger partial charge in [-0.05, 0) is 41.5 Å². The van der Waals surface area contributed by atoms with Gasteiger partial charge in [0, 0.05) is 0 Å². The molecule has 2 heterocycles. The smallest absolute Gasteiger partial charge is 0.437 e. The van der Waals surface area contributed by atoms with Crippen LogP contribution in [0.5, 0.6) is 0 Å². The molecule has 0 aromatic heterocycles. The average Bonchev–Trinajstić information content (AvgIpc) is 3.14. The highest BCUT2D eigenvalue weighted by Gasteiger charge is 2.63. The van der Waals surface area contributed by atoms with E-state index >= 15 is 0 Å². The molecule has 35 heavy (non-hydrogen) atoms. The largest absolute Gasteiger partial charge is 0.480 e. The Morgan fingerprint density at radius 3 is 1.86 bits per heavy atom. The summed E-state index contributed by atoms with van der Waals surface area (Å²) in [6, 6.07) is -0.957. The molecule has 0 radical (unpaired) electrons. The minimum Gasteiger partial charge on any atom is -0.437 e. The standard InChI is InChI=1S/C19H31N2O13P/c1-17(2,3)14(25)29-8-32-35(28,33-9-30-15(26)18(4,5)6)31-7-10-11(22)12(23)19(34-10)13(24)20-16(27)21-19/h10-12,22-23H,7-9H2,1-6H3,(H2,20,21,24,27)/t10-,11-,12-,19+/m1/s1. The van der Waals surface area contributed by atoms with Crippen LogP contribution in [0.3, 0.4) is 0 Å². The van der Waals surface area contributed by atoms with E-state index in [9.17, 15) is 34.0 Å². The number of aliphatic hydroxyl groups excluding tert-OH is 2. The molecule has 2 rings (SSSR count). The van der Waals surface area contributed by atoms with Gasteiger partial charge in [-0.2, -0.15) is 0 Å². The monoisotopic (exact) mass is 526 g/mol. The maximum absolute atomic E-state index is 13.1. The highest BCUT2D eigenvalue weighted by molar-refractivity contribution is 7.48. The molecule has 1 spiro atoms. The molecule has 2 aliphatic rings. The van der Waals surface area contributed by atoms with E-state index in [1.165, 1.54) is 0 Å². The zero-order valence-corrected chi connectivity index (χ0v) is 21.1. The van der Waals surface area contributed by atoms with Crippen molar-refractivity contribution in [1.82, 2.24) is 10.6 Å². The van der Waals surface area contributed by atoms with Crippen molar-refractivity contribution in [3.63, 3.8) is 0 Å². The van der Waals surface area contributed by atoms with Gasteiger partial charge < -0.3 is 24.4 Å². The van der Waals surface area contributed by atoms with Crippen LogP contribution >= 0.6 is 7.82 Å². The molecule has 4 N–H and O–H groups in total. The Kier molecular flexibility index (Phi) is 8.70. The van der Waals surface area contributed by atoms with Crippen molar-refractivity contribution in [3.05, 3.63) is 0 Å². The Balaban J connectivity index is 2.06. The summed E-state index contributed by atoms with van der Waals surface area (Å²) in [4.78, 5) is 47.3. The van der Waals surface area contributed by atoms with Gasteiger partial charge in [-0.1, -0.05) is 0 Å². The fourth-order valence-corrected chi connectivity index (χ4v) is 3.61. The minimum absolute atomic E-state index is 0.689. The van der Waals surface area contributed by atoms with Crippen molar-refractivity contribution in [2.45, 2.75) is 65.6 Å². The second-order valence-electron chi connectivity index (χ2n) is 9.84. The fourth-order valence-electron chi connectivity index (χ4n) is 2.70. The van der Waals surface area contributed by atoms with E-state index in [4.69, 9.17) is 27.8 Å². The number of amides is 3. The first-order valence-corrected chi connectivity index (χ1v) is 11.9. The molecular formula is C19H31N2O13P. The molecule has 2 saturated heterocycles. The molecule has 15 nitrogen and oxygen atoms in total. The summed E-state index contributed by atoms with van der Waals surface area (Å²) in [7, 11) is -4.62. The third-order valence-electron chi connectivity index (χ3n) is 4.75. The van der Waals surface area contributed by atoms with Gasteiger partial charge in [0.1, 0.15) is 18.3 Å². The fraction of sp³-hybridized carbons (Fsp3) is 0.789. The summed E-state index contributed by atoms with van der Waals surface area (Å²) in [5, 5.41) is 24.4. The number of phosphoric acid groups is 1. The summed E-state index contributed by atoms with van der Waals surface area (Å²) in [6.45, 7) is 6.95. The molecule has 0 aromatic rings.